The Bertz CT molecular complexity index is 933. The van der Waals surface area contributed by atoms with Gasteiger partial charge in [0, 0.05) is 12.2 Å². The van der Waals surface area contributed by atoms with E-state index in [1.54, 1.807) is 4.90 Å². The number of amides is 1. The molecule has 2 aliphatic rings. The Morgan fingerprint density at radius 2 is 2.03 bits per heavy atom. The molecule has 2 heterocycles. The van der Waals surface area contributed by atoms with Crippen LogP contribution >= 0.6 is 24.0 Å². The Morgan fingerprint density at radius 3 is 2.79 bits per heavy atom. The molecule has 4 rings (SSSR count). The summed E-state index contributed by atoms with van der Waals surface area (Å²) >= 11 is 6.79. The van der Waals surface area contributed by atoms with E-state index in [0.717, 1.165) is 36.3 Å². The third kappa shape index (κ3) is 4.89. The fourth-order valence-electron chi connectivity index (χ4n) is 3.37. The summed E-state index contributed by atoms with van der Waals surface area (Å²) in [6.07, 6.45) is 3.98. The van der Waals surface area contributed by atoms with Crippen molar-refractivity contribution in [3.05, 3.63) is 70.1 Å². The molecule has 2 saturated heterocycles. The number of carbonyl (C=O) groups excluding carboxylic acids is 1. The van der Waals surface area contributed by atoms with E-state index in [-0.39, 0.29) is 12.0 Å². The zero-order valence-corrected chi connectivity index (χ0v) is 17.9. The van der Waals surface area contributed by atoms with Gasteiger partial charge in [0.2, 0.25) is 0 Å². The topological polar surface area (TPSA) is 38.8 Å². The lowest BCUT2D eigenvalue weighted by Gasteiger charge is -2.18. The molecule has 0 N–H and O–H groups in total. The summed E-state index contributed by atoms with van der Waals surface area (Å²) in [7, 11) is 0. The number of hydrogen-bond donors (Lipinski definition) is 0. The molecule has 150 valence electrons. The molecule has 2 aromatic rings. The minimum Gasteiger partial charge on any atom is -0.488 e. The van der Waals surface area contributed by atoms with Crippen LogP contribution in [0.1, 0.15) is 29.5 Å². The van der Waals surface area contributed by atoms with Crippen molar-refractivity contribution in [3.8, 4) is 5.75 Å². The highest BCUT2D eigenvalue weighted by Gasteiger charge is 2.34. The highest BCUT2D eigenvalue weighted by atomic mass is 32.2. The Labute approximate surface area is 180 Å². The lowest BCUT2D eigenvalue weighted by molar-refractivity contribution is -0.123. The van der Waals surface area contributed by atoms with Crippen LogP contribution < -0.4 is 4.74 Å². The second-order valence-electron chi connectivity index (χ2n) is 7.24. The number of carbonyl (C=O) groups is 1. The van der Waals surface area contributed by atoms with Crippen molar-refractivity contribution in [3.63, 3.8) is 0 Å². The second kappa shape index (κ2) is 9.11. The number of para-hydroxylation sites is 1. The average molecular weight is 426 g/mol. The van der Waals surface area contributed by atoms with Crippen LogP contribution in [-0.4, -0.2) is 34.4 Å². The fraction of sp³-hybridized carbons (Fsp3) is 0.304. The number of ether oxygens (including phenoxy) is 2. The molecule has 0 saturated carbocycles. The van der Waals surface area contributed by atoms with Crippen molar-refractivity contribution in [2.75, 3.05) is 13.2 Å². The van der Waals surface area contributed by atoms with Crippen molar-refractivity contribution in [2.45, 2.75) is 32.5 Å². The molecule has 0 bridgehead atoms. The highest BCUT2D eigenvalue weighted by molar-refractivity contribution is 8.26. The summed E-state index contributed by atoms with van der Waals surface area (Å²) in [4.78, 5) is 15.2. The predicted molar refractivity (Wildman–Crippen MR) is 121 cm³/mol. The first kappa shape index (κ1) is 20.1. The van der Waals surface area contributed by atoms with E-state index in [0.29, 0.717) is 22.4 Å². The molecule has 0 unspecified atom stereocenters. The first-order valence-electron chi connectivity index (χ1n) is 9.74. The summed E-state index contributed by atoms with van der Waals surface area (Å²) in [5.41, 5.74) is 3.20. The number of rotatable bonds is 6. The van der Waals surface area contributed by atoms with Crippen LogP contribution in [0.4, 0.5) is 0 Å². The highest BCUT2D eigenvalue weighted by Crippen LogP contribution is 2.35. The maximum atomic E-state index is 12.9. The van der Waals surface area contributed by atoms with Gasteiger partial charge in [0.05, 0.1) is 17.6 Å². The summed E-state index contributed by atoms with van der Waals surface area (Å²) in [5.74, 6) is 0.696. The van der Waals surface area contributed by atoms with E-state index >= 15 is 0 Å². The van der Waals surface area contributed by atoms with Crippen molar-refractivity contribution in [1.82, 2.24) is 4.90 Å². The molecule has 1 amide bonds. The van der Waals surface area contributed by atoms with Gasteiger partial charge in [-0.2, -0.15) is 0 Å². The zero-order valence-electron chi connectivity index (χ0n) is 16.3. The maximum Gasteiger partial charge on any atom is 0.266 e. The van der Waals surface area contributed by atoms with Gasteiger partial charge in [-0.3, -0.25) is 9.69 Å². The quantitative estimate of drug-likeness (QED) is 0.483. The Morgan fingerprint density at radius 1 is 1.24 bits per heavy atom. The van der Waals surface area contributed by atoms with Crippen LogP contribution in [0.2, 0.25) is 0 Å². The van der Waals surface area contributed by atoms with Gasteiger partial charge in [0.25, 0.3) is 5.91 Å². The molecule has 0 aromatic heterocycles. The summed E-state index contributed by atoms with van der Waals surface area (Å²) < 4.78 is 12.3. The normalized spacial score (nSPS) is 20.7. The minimum absolute atomic E-state index is 0.0520. The first-order valence-corrected chi connectivity index (χ1v) is 11.0. The van der Waals surface area contributed by atoms with Gasteiger partial charge < -0.3 is 9.47 Å². The van der Waals surface area contributed by atoms with Crippen molar-refractivity contribution in [1.29, 1.82) is 0 Å². The number of aryl methyl sites for hydroxylation is 1. The van der Waals surface area contributed by atoms with Crippen LogP contribution in [0.15, 0.2) is 53.4 Å². The van der Waals surface area contributed by atoms with Gasteiger partial charge in [-0.15, -0.1) is 0 Å². The molecular formula is C23H23NO3S2. The predicted octanol–water partition coefficient (Wildman–Crippen LogP) is 4.95. The molecule has 2 aromatic carbocycles. The molecule has 0 aliphatic carbocycles. The van der Waals surface area contributed by atoms with Crippen LogP contribution in [0, 0.1) is 6.92 Å². The van der Waals surface area contributed by atoms with E-state index in [1.807, 2.05) is 30.3 Å². The van der Waals surface area contributed by atoms with Gasteiger partial charge >= 0.3 is 0 Å². The second-order valence-corrected chi connectivity index (χ2v) is 8.92. The molecule has 4 nitrogen and oxygen atoms in total. The molecule has 29 heavy (non-hydrogen) atoms. The monoisotopic (exact) mass is 425 g/mol. The maximum absolute atomic E-state index is 12.9. The average Bonchev–Trinajstić information content (AvgIpc) is 3.33. The van der Waals surface area contributed by atoms with Gasteiger partial charge in [0.1, 0.15) is 16.7 Å². The third-order valence-corrected chi connectivity index (χ3v) is 6.38. The Balaban J connectivity index is 1.48. The largest absolute Gasteiger partial charge is 0.488 e. The van der Waals surface area contributed by atoms with Gasteiger partial charge in [-0.25, -0.2) is 0 Å². The Hall–Kier alpha value is -2.15. The van der Waals surface area contributed by atoms with E-state index < -0.39 is 0 Å². The van der Waals surface area contributed by atoms with Crippen molar-refractivity contribution < 1.29 is 14.3 Å². The number of benzene rings is 2. The van der Waals surface area contributed by atoms with Gasteiger partial charge in [-0.05, 0) is 37.5 Å². The molecule has 0 spiro atoms. The molecule has 0 radical (unpaired) electrons. The van der Waals surface area contributed by atoms with Crippen molar-refractivity contribution >= 4 is 40.3 Å². The van der Waals surface area contributed by atoms with Crippen LogP contribution in [0.25, 0.3) is 6.08 Å². The van der Waals surface area contributed by atoms with Crippen molar-refractivity contribution in [2.24, 2.45) is 0 Å². The van der Waals surface area contributed by atoms with Crippen LogP contribution in [0.5, 0.6) is 5.75 Å². The standard InChI is InChI=1S/C23H23NO3S2/c1-16-8-10-17(11-9-16)15-27-20-7-3-2-5-18(20)13-21-22(25)24(23(28)29-21)14-19-6-4-12-26-19/h2-3,5,7-11,13,19H,4,6,12,14-15H2,1H3/b21-13-/t19-/m0/s1. The number of nitrogens with zero attached hydrogens (tertiary/aromatic N) is 1. The molecule has 6 heteroatoms. The van der Waals surface area contributed by atoms with E-state index in [2.05, 4.69) is 31.2 Å². The number of thiocarbonyl (C=S) groups is 1. The van der Waals surface area contributed by atoms with Crippen LogP contribution in [0.3, 0.4) is 0 Å². The molecule has 2 aliphatic heterocycles. The SMILES string of the molecule is Cc1ccc(COc2ccccc2/C=C2\SC(=S)N(C[C@@H]3CCCO3)C2=O)cc1. The smallest absolute Gasteiger partial charge is 0.266 e. The molecule has 2 fully saturated rings. The van der Waals surface area contributed by atoms with E-state index in [9.17, 15) is 4.79 Å². The summed E-state index contributed by atoms with van der Waals surface area (Å²) in [6.45, 7) is 3.84. The van der Waals surface area contributed by atoms with Gasteiger partial charge in [0.15, 0.2) is 0 Å². The van der Waals surface area contributed by atoms with E-state index in [1.165, 1.54) is 17.3 Å². The minimum atomic E-state index is -0.0520. The van der Waals surface area contributed by atoms with Crippen LogP contribution in [-0.2, 0) is 16.1 Å². The number of hydrogen-bond acceptors (Lipinski definition) is 5. The first-order chi connectivity index (χ1) is 14.1. The zero-order chi connectivity index (χ0) is 20.2. The lowest BCUT2D eigenvalue weighted by Crippen LogP contribution is -2.35. The van der Waals surface area contributed by atoms with Gasteiger partial charge in [-0.1, -0.05) is 72.0 Å². The third-order valence-electron chi connectivity index (χ3n) is 5.00. The fourth-order valence-corrected chi connectivity index (χ4v) is 4.63. The molecular weight excluding hydrogens is 402 g/mol. The number of thioether (sulfide) groups is 1. The molecule has 1 atom stereocenters. The Kier molecular flexibility index (Phi) is 6.33. The summed E-state index contributed by atoms with van der Waals surface area (Å²) in [5, 5.41) is 0. The summed E-state index contributed by atoms with van der Waals surface area (Å²) in [6, 6.07) is 16.0. The van der Waals surface area contributed by atoms with E-state index in [4.69, 9.17) is 21.7 Å². The lowest BCUT2D eigenvalue weighted by atomic mass is 10.1.